The zero-order valence-electron chi connectivity index (χ0n) is 14.0. The van der Waals surface area contributed by atoms with Crippen LogP contribution < -0.4 is 0 Å². The minimum Gasteiger partial charge on any atom is -0.207 e. The zero-order valence-corrected chi connectivity index (χ0v) is 14.0. The Labute approximate surface area is 140 Å². The van der Waals surface area contributed by atoms with E-state index < -0.39 is 28.8 Å². The molecule has 0 amide bonds. The highest BCUT2D eigenvalue weighted by Gasteiger charge is 2.14. The van der Waals surface area contributed by atoms with Crippen molar-refractivity contribution in [1.82, 2.24) is 0 Å². The molecule has 0 unspecified atom stereocenters. The van der Waals surface area contributed by atoms with Gasteiger partial charge in [0.2, 0.25) is 0 Å². The summed E-state index contributed by atoms with van der Waals surface area (Å²) in [6.07, 6.45) is 7.44. The maximum atomic E-state index is 13.4. The van der Waals surface area contributed by atoms with Gasteiger partial charge in [-0.15, -0.1) is 0 Å². The molecule has 0 bridgehead atoms. The van der Waals surface area contributed by atoms with Crippen molar-refractivity contribution < 1.29 is 17.6 Å². The molecule has 2 aromatic carbocycles. The summed E-state index contributed by atoms with van der Waals surface area (Å²) < 4.78 is 53.4. The molecule has 0 N–H and O–H groups in total. The first kappa shape index (κ1) is 18.5. The van der Waals surface area contributed by atoms with E-state index in [0.717, 1.165) is 30.2 Å². The fraction of sp³-hybridized carbons (Fsp3) is 0.400. The lowest BCUT2D eigenvalue weighted by atomic mass is 9.91. The van der Waals surface area contributed by atoms with Crippen molar-refractivity contribution in [3.63, 3.8) is 0 Å². The van der Waals surface area contributed by atoms with Gasteiger partial charge in [0, 0.05) is 5.56 Å². The van der Waals surface area contributed by atoms with Crippen molar-refractivity contribution in [3.05, 3.63) is 59.2 Å². The van der Waals surface area contributed by atoms with E-state index in [-0.39, 0.29) is 11.1 Å². The van der Waals surface area contributed by atoms with Crippen LogP contribution in [0.5, 0.6) is 0 Å². The molecule has 1 saturated carbocycles. The summed E-state index contributed by atoms with van der Waals surface area (Å²) in [4.78, 5) is 0. The molecule has 0 aromatic heterocycles. The van der Waals surface area contributed by atoms with Crippen LogP contribution in [0.3, 0.4) is 0 Å². The second-order valence-corrected chi connectivity index (χ2v) is 6.40. The SMILES string of the molecule is CC1CCCCC1.Cc1c(F)cc(-c2c(F)cccc2F)cc1F. The highest BCUT2D eigenvalue weighted by atomic mass is 19.1. The fourth-order valence-corrected chi connectivity index (χ4v) is 2.87. The Morgan fingerprint density at radius 1 is 0.792 bits per heavy atom. The Kier molecular flexibility index (Phi) is 6.41. The summed E-state index contributed by atoms with van der Waals surface area (Å²) in [6, 6.07) is 5.09. The summed E-state index contributed by atoms with van der Waals surface area (Å²) in [5.41, 5.74) is -0.753. The molecule has 0 nitrogen and oxygen atoms in total. The molecule has 2 aromatic rings. The van der Waals surface area contributed by atoms with Crippen LogP contribution in [0.4, 0.5) is 17.6 Å². The van der Waals surface area contributed by atoms with Crippen LogP contribution in [-0.2, 0) is 0 Å². The summed E-state index contributed by atoms with van der Waals surface area (Å²) >= 11 is 0. The van der Waals surface area contributed by atoms with E-state index in [9.17, 15) is 17.6 Å². The number of hydrogen-bond donors (Lipinski definition) is 0. The Morgan fingerprint density at radius 3 is 1.71 bits per heavy atom. The van der Waals surface area contributed by atoms with E-state index in [1.54, 1.807) is 0 Å². The first-order valence-electron chi connectivity index (χ1n) is 8.30. The average Bonchev–Trinajstić information content (AvgIpc) is 2.54. The molecule has 0 saturated heterocycles. The van der Waals surface area contributed by atoms with Gasteiger partial charge < -0.3 is 0 Å². The highest BCUT2D eigenvalue weighted by Crippen LogP contribution is 2.28. The van der Waals surface area contributed by atoms with Gasteiger partial charge in [0.1, 0.15) is 23.3 Å². The molecule has 0 spiro atoms. The molecule has 0 atom stereocenters. The number of halogens is 4. The summed E-state index contributed by atoms with van der Waals surface area (Å²) in [5.74, 6) is -2.33. The van der Waals surface area contributed by atoms with E-state index in [4.69, 9.17) is 0 Å². The third-order valence-electron chi connectivity index (χ3n) is 4.43. The zero-order chi connectivity index (χ0) is 17.7. The van der Waals surface area contributed by atoms with Gasteiger partial charge in [-0.05, 0) is 42.7 Å². The molecule has 0 aliphatic heterocycles. The van der Waals surface area contributed by atoms with Gasteiger partial charge in [0.15, 0.2) is 0 Å². The molecule has 0 radical (unpaired) electrons. The third-order valence-corrected chi connectivity index (χ3v) is 4.43. The van der Waals surface area contributed by atoms with Crippen molar-refractivity contribution in [2.45, 2.75) is 46.0 Å². The number of hydrogen-bond acceptors (Lipinski definition) is 0. The maximum absolute atomic E-state index is 13.4. The smallest absolute Gasteiger partial charge is 0.133 e. The van der Waals surface area contributed by atoms with Crippen LogP contribution in [0.15, 0.2) is 30.3 Å². The monoisotopic (exact) mass is 338 g/mol. The Bertz CT molecular complexity index is 645. The largest absolute Gasteiger partial charge is 0.207 e. The van der Waals surface area contributed by atoms with Crippen LogP contribution in [0, 0.1) is 36.1 Å². The summed E-state index contributed by atoms with van der Waals surface area (Å²) in [6.45, 7) is 3.62. The van der Waals surface area contributed by atoms with E-state index in [0.29, 0.717) is 0 Å². The summed E-state index contributed by atoms with van der Waals surface area (Å²) in [5, 5.41) is 0. The minimum atomic E-state index is -0.854. The van der Waals surface area contributed by atoms with E-state index in [1.165, 1.54) is 45.1 Å². The van der Waals surface area contributed by atoms with Crippen molar-refractivity contribution in [2.75, 3.05) is 0 Å². The predicted molar refractivity (Wildman–Crippen MR) is 88.7 cm³/mol. The number of rotatable bonds is 1. The van der Waals surface area contributed by atoms with Crippen LogP contribution in [0.1, 0.15) is 44.6 Å². The minimum absolute atomic E-state index is 0.152. The van der Waals surface area contributed by atoms with Gasteiger partial charge in [-0.3, -0.25) is 0 Å². The van der Waals surface area contributed by atoms with E-state index in [2.05, 4.69) is 6.92 Å². The lowest BCUT2D eigenvalue weighted by molar-refractivity contribution is 0.385. The molecular weight excluding hydrogens is 316 g/mol. The van der Waals surface area contributed by atoms with Gasteiger partial charge in [0.25, 0.3) is 0 Å². The van der Waals surface area contributed by atoms with E-state index >= 15 is 0 Å². The molecule has 1 aliphatic carbocycles. The van der Waals surface area contributed by atoms with Crippen molar-refractivity contribution in [1.29, 1.82) is 0 Å². The van der Waals surface area contributed by atoms with Gasteiger partial charge in [-0.25, -0.2) is 17.6 Å². The van der Waals surface area contributed by atoms with E-state index in [1.807, 2.05) is 0 Å². The maximum Gasteiger partial charge on any atom is 0.133 e. The molecule has 1 fully saturated rings. The predicted octanol–water partition coefficient (Wildman–Crippen LogP) is 6.81. The second-order valence-electron chi connectivity index (χ2n) is 6.40. The van der Waals surface area contributed by atoms with Crippen LogP contribution in [0.2, 0.25) is 0 Å². The lowest BCUT2D eigenvalue weighted by Crippen LogP contribution is -1.99. The molecular formula is C20H22F4. The molecule has 3 rings (SSSR count). The van der Waals surface area contributed by atoms with Crippen LogP contribution >= 0.6 is 0 Å². The van der Waals surface area contributed by atoms with Crippen LogP contribution in [-0.4, -0.2) is 0 Å². The van der Waals surface area contributed by atoms with Gasteiger partial charge in [-0.2, -0.15) is 0 Å². The quantitative estimate of drug-likeness (QED) is 0.501. The van der Waals surface area contributed by atoms with Crippen LogP contribution in [0.25, 0.3) is 11.1 Å². The van der Waals surface area contributed by atoms with Crippen molar-refractivity contribution in [3.8, 4) is 11.1 Å². The highest BCUT2D eigenvalue weighted by molar-refractivity contribution is 5.65. The topological polar surface area (TPSA) is 0 Å². The van der Waals surface area contributed by atoms with Gasteiger partial charge >= 0.3 is 0 Å². The molecule has 130 valence electrons. The number of benzene rings is 2. The lowest BCUT2D eigenvalue weighted by Gasteiger charge is -2.15. The normalized spacial score (nSPS) is 14.9. The van der Waals surface area contributed by atoms with Crippen molar-refractivity contribution in [2.24, 2.45) is 5.92 Å². The Hall–Kier alpha value is -1.84. The fourth-order valence-electron chi connectivity index (χ4n) is 2.87. The van der Waals surface area contributed by atoms with Gasteiger partial charge in [-0.1, -0.05) is 45.1 Å². The first-order valence-corrected chi connectivity index (χ1v) is 8.30. The van der Waals surface area contributed by atoms with Gasteiger partial charge in [0.05, 0.1) is 5.56 Å². The Morgan fingerprint density at radius 2 is 1.29 bits per heavy atom. The summed E-state index contributed by atoms with van der Waals surface area (Å²) in [7, 11) is 0. The Balaban J connectivity index is 0.000000249. The third kappa shape index (κ3) is 4.59. The molecule has 0 heterocycles. The molecule has 4 heteroatoms. The van der Waals surface area contributed by atoms with Crippen molar-refractivity contribution >= 4 is 0 Å². The molecule has 24 heavy (non-hydrogen) atoms. The second kappa shape index (κ2) is 8.32. The first-order chi connectivity index (χ1) is 11.4. The standard InChI is InChI=1S/C13H8F4.C7H14/c1-7-11(16)5-8(6-12(7)17)13-9(14)3-2-4-10(13)15;1-7-5-3-2-4-6-7/h2-6H,1H3;7H,2-6H2,1H3. The average molecular weight is 338 g/mol. The molecule has 1 aliphatic rings.